The van der Waals surface area contributed by atoms with E-state index in [0.29, 0.717) is 12.2 Å². The molecule has 0 saturated carbocycles. The molecule has 4 heteroatoms. The Kier molecular flexibility index (Phi) is 4.47. The number of anilines is 1. The molecule has 0 bridgehead atoms. The number of nitrogens with zero attached hydrogens (tertiary/aromatic N) is 2. The second kappa shape index (κ2) is 6.29. The van der Waals surface area contributed by atoms with E-state index in [2.05, 4.69) is 9.88 Å². The molecule has 0 unspecified atom stereocenters. The summed E-state index contributed by atoms with van der Waals surface area (Å²) in [5.74, 6) is 0.730. The van der Waals surface area contributed by atoms with Crippen molar-refractivity contribution in [2.75, 3.05) is 31.7 Å². The SMILES string of the molecule is CCN(CCOC)c1nc2ccccc2cc1C=O. The van der Waals surface area contributed by atoms with Crippen molar-refractivity contribution >= 4 is 23.0 Å². The molecule has 0 aliphatic carbocycles. The summed E-state index contributed by atoms with van der Waals surface area (Å²) in [5.41, 5.74) is 1.52. The minimum absolute atomic E-state index is 0.612. The van der Waals surface area contributed by atoms with Gasteiger partial charge in [-0.3, -0.25) is 4.79 Å². The van der Waals surface area contributed by atoms with E-state index in [0.717, 1.165) is 36.1 Å². The maximum atomic E-state index is 11.3. The minimum Gasteiger partial charge on any atom is -0.383 e. The first-order valence-electron chi connectivity index (χ1n) is 6.39. The molecule has 2 aromatic rings. The number of methoxy groups -OCH3 is 1. The highest BCUT2D eigenvalue weighted by Gasteiger charge is 2.12. The van der Waals surface area contributed by atoms with Gasteiger partial charge in [0, 0.05) is 25.6 Å². The number of hydrogen-bond acceptors (Lipinski definition) is 4. The normalized spacial score (nSPS) is 10.6. The first kappa shape index (κ1) is 13.5. The van der Waals surface area contributed by atoms with Gasteiger partial charge in [-0.2, -0.15) is 0 Å². The maximum absolute atomic E-state index is 11.3. The van der Waals surface area contributed by atoms with Crippen molar-refractivity contribution in [3.63, 3.8) is 0 Å². The molecule has 0 atom stereocenters. The Labute approximate surface area is 113 Å². The topological polar surface area (TPSA) is 42.4 Å². The molecule has 0 radical (unpaired) electrons. The van der Waals surface area contributed by atoms with Crippen molar-refractivity contribution in [1.82, 2.24) is 4.98 Å². The first-order chi connectivity index (χ1) is 9.30. The van der Waals surface area contributed by atoms with Crippen LogP contribution in [-0.4, -0.2) is 38.1 Å². The van der Waals surface area contributed by atoms with Gasteiger partial charge in [0.2, 0.25) is 0 Å². The highest BCUT2D eigenvalue weighted by molar-refractivity contribution is 5.91. The number of carbonyl (C=O) groups is 1. The molecule has 100 valence electrons. The monoisotopic (exact) mass is 258 g/mol. The van der Waals surface area contributed by atoms with E-state index in [4.69, 9.17) is 4.74 Å². The molecular formula is C15H18N2O2. The van der Waals surface area contributed by atoms with Gasteiger partial charge in [0.05, 0.1) is 17.7 Å². The van der Waals surface area contributed by atoms with Crippen molar-refractivity contribution in [2.24, 2.45) is 0 Å². The summed E-state index contributed by atoms with van der Waals surface area (Å²) in [6.45, 7) is 4.16. The van der Waals surface area contributed by atoms with E-state index in [1.807, 2.05) is 37.3 Å². The summed E-state index contributed by atoms with van der Waals surface area (Å²) in [4.78, 5) is 17.9. The van der Waals surface area contributed by atoms with Crippen LogP contribution in [0.15, 0.2) is 30.3 Å². The molecule has 1 aromatic heterocycles. The van der Waals surface area contributed by atoms with Crippen molar-refractivity contribution in [1.29, 1.82) is 0 Å². The Hall–Kier alpha value is -1.94. The van der Waals surface area contributed by atoms with Gasteiger partial charge in [0.15, 0.2) is 6.29 Å². The van der Waals surface area contributed by atoms with Gasteiger partial charge in [-0.1, -0.05) is 18.2 Å². The number of ether oxygens (including phenoxy) is 1. The van der Waals surface area contributed by atoms with E-state index in [1.54, 1.807) is 7.11 Å². The summed E-state index contributed by atoms with van der Waals surface area (Å²) in [7, 11) is 1.67. The molecule has 2 rings (SSSR count). The number of pyridine rings is 1. The molecule has 0 aliphatic heterocycles. The number of aldehydes is 1. The van der Waals surface area contributed by atoms with Crippen LogP contribution in [0.2, 0.25) is 0 Å². The van der Waals surface area contributed by atoms with Crippen LogP contribution in [0.25, 0.3) is 10.9 Å². The molecule has 0 N–H and O–H groups in total. The van der Waals surface area contributed by atoms with Crippen molar-refractivity contribution < 1.29 is 9.53 Å². The summed E-state index contributed by atoms with van der Waals surface area (Å²) >= 11 is 0. The zero-order valence-electron chi connectivity index (χ0n) is 11.3. The van der Waals surface area contributed by atoms with Crippen LogP contribution in [0.4, 0.5) is 5.82 Å². The fourth-order valence-corrected chi connectivity index (χ4v) is 2.08. The molecule has 0 saturated heterocycles. The summed E-state index contributed by atoms with van der Waals surface area (Å²) in [6.07, 6.45) is 0.865. The van der Waals surface area contributed by atoms with Gasteiger partial charge < -0.3 is 9.64 Å². The number of fused-ring (bicyclic) bond motifs is 1. The lowest BCUT2D eigenvalue weighted by atomic mass is 10.1. The number of hydrogen-bond donors (Lipinski definition) is 0. The molecule has 19 heavy (non-hydrogen) atoms. The van der Waals surface area contributed by atoms with E-state index in [1.165, 1.54) is 0 Å². The van der Waals surface area contributed by atoms with E-state index in [-0.39, 0.29) is 0 Å². The first-order valence-corrected chi connectivity index (χ1v) is 6.39. The zero-order chi connectivity index (χ0) is 13.7. The van der Waals surface area contributed by atoms with Gasteiger partial charge in [-0.25, -0.2) is 4.98 Å². The molecule has 0 spiro atoms. The third-order valence-corrected chi connectivity index (χ3v) is 3.11. The summed E-state index contributed by atoms with van der Waals surface area (Å²) in [5, 5.41) is 0.983. The maximum Gasteiger partial charge on any atom is 0.153 e. The minimum atomic E-state index is 0.612. The van der Waals surface area contributed by atoms with Crippen molar-refractivity contribution in [2.45, 2.75) is 6.92 Å². The largest absolute Gasteiger partial charge is 0.383 e. The van der Waals surface area contributed by atoms with Gasteiger partial charge in [0.25, 0.3) is 0 Å². The molecular weight excluding hydrogens is 240 g/mol. The lowest BCUT2D eigenvalue weighted by Gasteiger charge is -2.23. The molecule has 0 amide bonds. The van der Waals surface area contributed by atoms with Crippen LogP contribution in [0.3, 0.4) is 0 Å². The fourth-order valence-electron chi connectivity index (χ4n) is 2.08. The lowest BCUT2D eigenvalue weighted by molar-refractivity contribution is 0.112. The second-order valence-corrected chi connectivity index (χ2v) is 4.28. The Morgan fingerprint density at radius 3 is 2.84 bits per heavy atom. The third-order valence-electron chi connectivity index (χ3n) is 3.11. The number of carbonyl (C=O) groups excluding carboxylic acids is 1. The van der Waals surface area contributed by atoms with E-state index < -0.39 is 0 Å². The fraction of sp³-hybridized carbons (Fsp3) is 0.333. The summed E-state index contributed by atoms with van der Waals surface area (Å²) < 4.78 is 5.10. The predicted molar refractivity (Wildman–Crippen MR) is 76.9 cm³/mol. The highest BCUT2D eigenvalue weighted by Crippen LogP contribution is 2.22. The quantitative estimate of drug-likeness (QED) is 0.747. The van der Waals surface area contributed by atoms with E-state index in [9.17, 15) is 4.79 Å². The molecule has 1 heterocycles. The predicted octanol–water partition coefficient (Wildman–Crippen LogP) is 2.52. The molecule has 1 aromatic carbocycles. The summed E-state index contributed by atoms with van der Waals surface area (Å²) in [6, 6.07) is 9.70. The number of para-hydroxylation sites is 1. The molecule has 0 fully saturated rings. The van der Waals surface area contributed by atoms with Crippen LogP contribution in [0, 0.1) is 0 Å². The van der Waals surface area contributed by atoms with Gasteiger partial charge in [-0.05, 0) is 19.1 Å². The van der Waals surface area contributed by atoms with Crippen LogP contribution in [-0.2, 0) is 4.74 Å². The molecule has 4 nitrogen and oxygen atoms in total. The number of benzene rings is 1. The highest BCUT2D eigenvalue weighted by atomic mass is 16.5. The number of likely N-dealkylation sites (N-methyl/N-ethyl adjacent to an activating group) is 1. The van der Waals surface area contributed by atoms with Crippen molar-refractivity contribution in [3.8, 4) is 0 Å². The standard InChI is InChI=1S/C15H18N2O2/c1-3-17(8-9-19-2)15-13(11-18)10-12-6-4-5-7-14(12)16-15/h4-7,10-11H,3,8-9H2,1-2H3. The Morgan fingerprint density at radius 2 is 2.16 bits per heavy atom. The second-order valence-electron chi connectivity index (χ2n) is 4.28. The Morgan fingerprint density at radius 1 is 1.37 bits per heavy atom. The Balaban J connectivity index is 2.47. The van der Waals surface area contributed by atoms with Crippen LogP contribution < -0.4 is 4.90 Å². The van der Waals surface area contributed by atoms with Crippen LogP contribution >= 0.6 is 0 Å². The smallest absolute Gasteiger partial charge is 0.153 e. The third kappa shape index (κ3) is 2.90. The average molecular weight is 258 g/mol. The van der Waals surface area contributed by atoms with Gasteiger partial charge in [0.1, 0.15) is 5.82 Å². The van der Waals surface area contributed by atoms with Crippen LogP contribution in [0.5, 0.6) is 0 Å². The average Bonchev–Trinajstić information content (AvgIpc) is 2.47. The van der Waals surface area contributed by atoms with Crippen LogP contribution in [0.1, 0.15) is 17.3 Å². The van der Waals surface area contributed by atoms with Gasteiger partial charge in [-0.15, -0.1) is 0 Å². The van der Waals surface area contributed by atoms with Crippen molar-refractivity contribution in [3.05, 3.63) is 35.9 Å². The van der Waals surface area contributed by atoms with E-state index >= 15 is 0 Å². The number of rotatable bonds is 6. The zero-order valence-corrected chi connectivity index (χ0v) is 11.3. The lowest BCUT2D eigenvalue weighted by Crippen LogP contribution is -2.28. The number of aromatic nitrogens is 1. The van der Waals surface area contributed by atoms with Gasteiger partial charge >= 0.3 is 0 Å². The Bertz CT molecular complexity index is 569. The molecule has 0 aliphatic rings.